The van der Waals surface area contributed by atoms with E-state index in [4.69, 9.17) is 5.10 Å². The van der Waals surface area contributed by atoms with Gasteiger partial charge in [-0.3, -0.25) is 0 Å². The molecule has 1 atom stereocenters. The van der Waals surface area contributed by atoms with E-state index < -0.39 is 0 Å². The number of aromatic nitrogens is 2. The van der Waals surface area contributed by atoms with Gasteiger partial charge in [0, 0.05) is 52.7 Å². The van der Waals surface area contributed by atoms with Crippen molar-refractivity contribution in [2.24, 2.45) is 0 Å². The second-order valence-corrected chi connectivity index (χ2v) is 17.9. The first-order chi connectivity index (χ1) is 24.1. The maximum Gasteiger partial charge on any atom is 0.179 e. The average molecular weight is 715 g/mol. The molecule has 3 aliphatic rings. The molecule has 0 bridgehead atoms. The molecule has 50 heavy (non-hydrogen) atoms. The molecule has 0 N–H and O–H groups in total. The quantitative estimate of drug-likeness (QED) is 0.161. The van der Waals surface area contributed by atoms with E-state index in [1.807, 2.05) is 6.08 Å². The van der Waals surface area contributed by atoms with Gasteiger partial charge in [-0.05, 0) is 70.9 Å². The molecule has 0 fully saturated rings. The minimum Gasteiger partial charge on any atom is -0.367 e. The van der Waals surface area contributed by atoms with Gasteiger partial charge in [-0.25, -0.2) is 0 Å². The number of benzene rings is 3. The molecular weight excluding hydrogens is 669 g/mol. The smallest absolute Gasteiger partial charge is 0.179 e. The van der Waals surface area contributed by atoms with E-state index in [-0.39, 0.29) is 16.9 Å². The lowest BCUT2D eigenvalue weighted by Crippen LogP contribution is -2.37. The van der Waals surface area contributed by atoms with Crippen molar-refractivity contribution in [3.05, 3.63) is 148 Å². The van der Waals surface area contributed by atoms with Crippen molar-refractivity contribution in [3.8, 4) is 0 Å². The van der Waals surface area contributed by atoms with Gasteiger partial charge in [0.25, 0.3) is 0 Å². The number of hydrogen-bond acceptors (Lipinski definition) is 7. The predicted octanol–water partition coefficient (Wildman–Crippen LogP) is 11.6. The summed E-state index contributed by atoms with van der Waals surface area (Å²) in [6.45, 7) is 13.3. The fourth-order valence-electron chi connectivity index (χ4n) is 7.81. The SMILES string of the molecule is C=Cc1ccc(CSc2nnc(SC3=C(C=CC4N(C)c5ccccc5C4(C)C)CCCC3=CC=C3N(C)c4ccccc4C3(C)C)s2)cc1. The molecule has 4 nitrogen and oxygen atoms in total. The van der Waals surface area contributed by atoms with Crippen LogP contribution in [0.15, 0.2) is 134 Å². The fourth-order valence-corrected chi connectivity index (χ4v) is 11.0. The highest BCUT2D eigenvalue weighted by Crippen LogP contribution is 2.49. The summed E-state index contributed by atoms with van der Waals surface area (Å²) in [6.07, 6.45) is 14.7. The molecule has 1 aromatic heterocycles. The van der Waals surface area contributed by atoms with Gasteiger partial charge in [0.1, 0.15) is 0 Å². The lowest BCUT2D eigenvalue weighted by Gasteiger charge is -2.30. The summed E-state index contributed by atoms with van der Waals surface area (Å²) in [4.78, 5) is 6.13. The second-order valence-electron chi connectivity index (χ2n) is 14.5. The van der Waals surface area contributed by atoms with Gasteiger partial charge < -0.3 is 9.80 Å². The summed E-state index contributed by atoms with van der Waals surface area (Å²) >= 11 is 5.25. The van der Waals surface area contributed by atoms with Gasteiger partial charge in [0.05, 0.1) is 6.04 Å². The number of fused-ring (bicyclic) bond motifs is 2. The summed E-state index contributed by atoms with van der Waals surface area (Å²) in [5, 5.41) is 9.31. The second kappa shape index (κ2) is 14.1. The first-order valence-electron chi connectivity index (χ1n) is 17.4. The summed E-state index contributed by atoms with van der Waals surface area (Å²) < 4.78 is 1.99. The zero-order chi connectivity index (χ0) is 35.0. The summed E-state index contributed by atoms with van der Waals surface area (Å²) in [7, 11) is 4.43. The zero-order valence-corrected chi connectivity index (χ0v) is 32.4. The molecule has 0 spiro atoms. The number of likely N-dealkylation sites (N-methyl/N-ethyl adjacent to an activating group) is 2. The highest BCUT2D eigenvalue weighted by molar-refractivity contribution is 8.05. The Morgan fingerprint density at radius 3 is 2.28 bits per heavy atom. The number of thioether (sulfide) groups is 2. The van der Waals surface area contributed by atoms with Gasteiger partial charge in [-0.2, -0.15) is 0 Å². The Labute approximate surface area is 310 Å². The largest absolute Gasteiger partial charge is 0.367 e. The topological polar surface area (TPSA) is 32.3 Å². The molecule has 1 unspecified atom stereocenters. The summed E-state index contributed by atoms with van der Waals surface area (Å²) in [5.74, 6) is 0.866. The standard InChI is InChI=1S/C43H46N4S3/c1-8-29-20-22-30(23-21-29)28-48-40-44-45-41(50-40)49-39-31(24-26-37-42(2,3)33-16-9-11-18-35(33)46(37)6)14-13-15-32(39)25-27-38-43(4,5)34-17-10-12-19-36(34)47(38)7/h8-12,16-27,37H,1,13-15,28H2,2-7H3. The Hall–Kier alpha value is -3.78. The molecule has 7 heteroatoms. The minimum atomic E-state index is -0.0676. The van der Waals surface area contributed by atoms with Crippen LogP contribution in [0.5, 0.6) is 0 Å². The Bertz CT molecular complexity index is 2030. The molecule has 0 saturated carbocycles. The van der Waals surface area contributed by atoms with Crippen LogP contribution in [0.25, 0.3) is 6.08 Å². The Balaban J connectivity index is 1.21. The Kier molecular flexibility index (Phi) is 9.77. The molecule has 3 heterocycles. The van der Waals surface area contributed by atoms with Gasteiger partial charge in [-0.15, -0.1) is 10.2 Å². The maximum atomic E-state index is 4.70. The molecule has 256 valence electrons. The van der Waals surface area contributed by atoms with E-state index in [1.54, 1.807) is 34.9 Å². The first-order valence-corrected chi connectivity index (χ1v) is 20.0. The molecule has 4 aromatic rings. The molecule has 0 radical (unpaired) electrons. The van der Waals surface area contributed by atoms with E-state index in [2.05, 4.69) is 160 Å². The van der Waals surface area contributed by atoms with Gasteiger partial charge in [0.15, 0.2) is 8.68 Å². The van der Waals surface area contributed by atoms with Crippen LogP contribution in [0.2, 0.25) is 0 Å². The molecular formula is C43H46N4S3. The number of anilines is 2. The fraction of sp³-hybridized carbons (Fsp3) is 0.302. The highest BCUT2D eigenvalue weighted by atomic mass is 32.2. The van der Waals surface area contributed by atoms with Crippen LogP contribution in [0.3, 0.4) is 0 Å². The molecule has 2 aliphatic heterocycles. The predicted molar refractivity (Wildman–Crippen MR) is 218 cm³/mol. The lowest BCUT2D eigenvalue weighted by molar-refractivity contribution is 0.487. The van der Waals surface area contributed by atoms with Crippen molar-refractivity contribution in [1.29, 1.82) is 0 Å². The van der Waals surface area contributed by atoms with Gasteiger partial charge in [0.2, 0.25) is 0 Å². The third kappa shape index (κ3) is 6.56. The number of rotatable bonds is 9. The molecule has 1 aliphatic carbocycles. The normalized spacial score (nSPS) is 21.0. The third-order valence-corrected chi connectivity index (χ3v) is 14.0. The van der Waals surface area contributed by atoms with Crippen LogP contribution < -0.4 is 9.80 Å². The van der Waals surface area contributed by atoms with Crippen LogP contribution in [0, 0.1) is 0 Å². The molecule has 0 amide bonds. The molecule has 0 saturated heterocycles. The van der Waals surface area contributed by atoms with Crippen LogP contribution in [-0.2, 0) is 16.6 Å². The molecule has 7 rings (SSSR count). The maximum absolute atomic E-state index is 4.70. The first kappa shape index (κ1) is 34.7. The van der Waals surface area contributed by atoms with E-state index in [1.165, 1.54) is 49.8 Å². The molecule has 3 aromatic carbocycles. The van der Waals surface area contributed by atoms with Gasteiger partial charge in [-0.1, -0.05) is 154 Å². The van der Waals surface area contributed by atoms with Crippen molar-refractivity contribution in [2.45, 2.75) is 78.3 Å². The van der Waals surface area contributed by atoms with Crippen molar-refractivity contribution < 1.29 is 0 Å². The van der Waals surface area contributed by atoms with Crippen LogP contribution >= 0.6 is 34.9 Å². The van der Waals surface area contributed by atoms with E-state index in [9.17, 15) is 0 Å². The highest BCUT2D eigenvalue weighted by Gasteiger charge is 2.41. The zero-order valence-electron chi connectivity index (χ0n) is 29.9. The lowest BCUT2D eigenvalue weighted by atomic mass is 9.80. The van der Waals surface area contributed by atoms with Gasteiger partial charge >= 0.3 is 0 Å². The van der Waals surface area contributed by atoms with Crippen molar-refractivity contribution in [3.63, 3.8) is 0 Å². The van der Waals surface area contributed by atoms with Crippen molar-refractivity contribution in [2.75, 3.05) is 23.9 Å². The number of allylic oxidation sites excluding steroid dienone is 6. The van der Waals surface area contributed by atoms with Crippen molar-refractivity contribution >= 4 is 52.3 Å². The minimum absolute atomic E-state index is 0.0124. The summed E-state index contributed by atoms with van der Waals surface area (Å²) in [5.41, 5.74) is 11.9. The van der Waals surface area contributed by atoms with Crippen LogP contribution in [-0.4, -0.2) is 30.3 Å². The average Bonchev–Trinajstić information content (AvgIpc) is 3.71. The number of hydrogen-bond donors (Lipinski definition) is 0. The van der Waals surface area contributed by atoms with E-state index >= 15 is 0 Å². The Morgan fingerprint density at radius 1 is 0.860 bits per heavy atom. The van der Waals surface area contributed by atoms with E-state index in [0.717, 1.165) is 39.3 Å². The number of para-hydroxylation sites is 2. The van der Waals surface area contributed by atoms with Crippen LogP contribution in [0.4, 0.5) is 11.4 Å². The number of nitrogens with zero attached hydrogens (tertiary/aromatic N) is 4. The van der Waals surface area contributed by atoms with E-state index in [0.29, 0.717) is 0 Å². The van der Waals surface area contributed by atoms with Crippen molar-refractivity contribution in [1.82, 2.24) is 10.2 Å². The Morgan fingerprint density at radius 2 is 1.56 bits per heavy atom. The monoisotopic (exact) mass is 714 g/mol. The third-order valence-electron chi connectivity index (χ3n) is 10.6. The summed E-state index contributed by atoms with van der Waals surface area (Å²) in [6, 6.07) is 26.5. The van der Waals surface area contributed by atoms with Crippen LogP contribution in [0.1, 0.15) is 69.2 Å².